The minimum absolute atomic E-state index is 0.0615. The molecule has 0 aromatic heterocycles. The van der Waals surface area contributed by atoms with Crippen LogP contribution >= 0.6 is 0 Å². The fourth-order valence-electron chi connectivity index (χ4n) is 4.35. The Balaban J connectivity index is 0.000000222. The Morgan fingerprint density at radius 1 is 1.09 bits per heavy atom. The number of rotatable bonds is 7. The van der Waals surface area contributed by atoms with E-state index in [-0.39, 0.29) is 11.5 Å². The maximum absolute atomic E-state index is 11.6. The van der Waals surface area contributed by atoms with Gasteiger partial charge in [0.1, 0.15) is 11.5 Å². The van der Waals surface area contributed by atoms with Crippen molar-refractivity contribution in [2.24, 2.45) is 0 Å². The van der Waals surface area contributed by atoms with E-state index in [0.717, 1.165) is 18.0 Å². The predicted molar refractivity (Wildman–Crippen MR) is 126 cm³/mol. The summed E-state index contributed by atoms with van der Waals surface area (Å²) < 4.78 is 5.69. The van der Waals surface area contributed by atoms with Crippen molar-refractivity contribution in [2.45, 2.75) is 58.4 Å². The Morgan fingerprint density at radius 3 is 2.41 bits per heavy atom. The molecule has 1 unspecified atom stereocenters. The maximum atomic E-state index is 11.6. The van der Waals surface area contributed by atoms with E-state index in [4.69, 9.17) is 9.84 Å². The van der Waals surface area contributed by atoms with Gasteiger partial charge in [-0.15, -0.1) is 0 Å². The number of carbonyl (C=O) groups is 2. The number of nitrogens with zero attached hydrogens (tertiary/aromatic N) is 1. The minimum atomic E-state index is -0.971. The second kappa shape index (κ2) is 11.7. The van der Waals surface area contributed by atoms with Crippen molar-refractivity contribution < 1.29 is 19.4 Å². The molecule has 1 saturated heterocycles. The van der Waals surface area contributed by atoms with Gasteiger partial charge in [0.2, 0.25) is 0 Å². The zero-order chi connectivity index (χ0) is 22.9. The highest BCUT2D eigenvalue weighted by Gasteiger charge is 2.19. The standard InChI is InChI=1S/C16H13NO4.C10H21N/c18-15-14-6-5-13(9-11(14)7-8-17-15)21-12-3-1-10(2-4-12)16(19)20;1-3-7-10(4-2)11-8-5-6-9-11/h1-6,9H,7-8H2,(H,17,18)(H,19,20);10H,3-9H2,1-2H3. The number of hydrogen-bond donors (Lipinski definition) is 2. The summed E-state index contributed by atoms with van der Waals surface area (Å²) in [5, 5.41) is 11.6. The van der Waals surface area contributed by atoms with Crippen LogP contribution in [0.15, 0.2) is 42.5 Å². The van der Waals surface area contributed by atoms with Gasteiger partial charge in [-0.2, -0.15) is 0 Å². The predicted octanol–water partition coefficient (Wildman–Crippen LogP) is 5.12. The number of ether oxygens (including phenoxy) is 1. The lowest BCUT2D eigenvalue weighted by atomic mass is 10.0. The Morgan fingerprint density at radius 2 is 1.78 bits per heavy atom. The Hall–Kier alpha value is -2.86. The minimum Gasteiger partial charge on any atom is -0.478 e. The second-order valence-electron chi connectivity index (χ2n) is 8.35. The zero-order valence-electron chi connectivity index (χ0n) is 19.1. The van der Waals surface area contributed by atoms with Crippen LogP contribution in [0.5, 0.6) is 11.5 Å². The van der Waals surface area contributed by atoms with E-state index in [1.165, 1.54) is 57.3 Å². The molecule has 0 radical (unpaired) electrons. The van der Waals surface area contributed by atoms with Gasteiger partial charge in [-0.1, -0.05) is 20.3 Å². The van der Waals surface area contributed by atoms with Gasteiger partial charge in [0.05, 0.1) is 5.56 Å². The van der Waals surface area contributed by atoms with Crippen molar-refractivity contribution in [3.05, 3.63) is 59.2 Å². The molecule has 2 heterocycles. The lowest BCUT2D eigenvalue weighted by molar-refractivity contribution is 0.0696. The first kappa shape index (κ1) is 23.8. The highest BCUT2D eigenvalue weighted by molar-refractivity contribution is 5.96. The number of nitrogens with one attached hydrogen (secondary N) is 1. The van der Waals surface area contributed by atoms with Crippen molar-refractivity contribution in [1.29, 1.82) is 0 Å². The molecule has 0 aliphatic carbocycles. The Bertz CT molecular complexity index is 905. The smallest absolute Gasteiger partial charge is 0.335 e. The van der Waals surface area contributed by atoms with Crippen LogP contribution in [-0.4, -0.2) is 47.6 Å². The third-order valence-electron chi connectivity index (χ3n) is 6.09. The fourth-order valence-corrected chi connectivity index (χ4v) is 4.35. The molecule has 1 amide bonds. The van der Waals surface area contributed by atoms with E-state index in [9.17, 15) is 9.59 Å². The van der Waals surface area contributed by atoms with Crippen molar-refractivity contribution in [2.75, 3.05) is 19.6 Å². The second-order valence-corrected chi connectivity index (χ2v) is 8.35. The van der Waals surface area contributed by atoms with Crippen molar-refractivity contribution in [3.63, 3.8) is 0 Å². The molecular formula is C26H34N2O4. The number of carboxylic acid groups (broad SMARTS) is 1. The number of fused-ring (bicyclic) bond motifs is 1. The van der Waals surface area contributed by atoms with Crippen molar-refractivity contribution >= 4 is 11.9 Å². The number of hydrogen-bond acceptors (Lipinski definition) is 4. The molecule has 0 spiro atoms. The van der Waals surface area contributed by atoms with Crippen LogP contribution in [0.25, 0.3) is 0 Å². The molecule has 2 N–H and O–H groups in total. The van der Waals surface area contributed by atoms with E-state index < -0.39 is 5.97 Å². The summed E-state index contributed by atoms with van der Waals surface area (Å²) in [6, 6.07) is 12.4. The van der Waals surface area contributed by atoms with Crippen LogP contribution in [-0.2, 0) is 6.42 Å². The van der Waals surface area contributed by atoms with Crippen LogP contribution in [0.2, 0.25) is 0 Å². The first-order chi connectivity index (χ1) is 15.5. The number of benzene rings is 2. The molecular weight excluding hydrogens is 404 g/mol. The average Bonchev–Trinajstić information content (AvgIpc) is 3.33. The Labute approximate surface area is 190 Å². The summed E-state index contributed by atoms with van der Waals surface area (Å²) in [6.07, 6.45) is 7.72. The normalized spacial score (nSPS) is 16.4. The molecule has 2 aromatic rings. The number of carbonyl (C=O) groups excluding carboxylic acids is 1. The molecule has 1 atom stereocenters. The molecule has 2 aliphatic rings. The number of amides is 1. The molecule has 1 fully saturated rings. The Kier molecular flexibility index (Phi) is 8.68. The summed E-state index contributed by atoms with van der Waals surface area (Å²) >= 11 is 0. The van der Waals surface area contributed by atoms with Gasteiger partial charge in [0.25, 0.3) is 5.91 Å². The van der Waals surface area contributed by atoms with Crippen LogP contribution in [0, 0.1) is 0 Å². The summed E-state index contributed by atoms with van der Waals surface area (Å²) in [5.74, 6) is 0.154. The third-order valence-corrected chi connectivity index (χ3v) is 6.09. The first-order valence-electron chi connectivity index (χ1n) is 11.7. The zero-order valence-corrected chi connectivity index (χ0v) is 19.1. The third kappa shape index (κ3) is 6.33. The van der Waals surface area contributed by atoms with Gasteiger partial charge in [0.15, 0.2) is 0 Å². The van der Waals surface area contributed by atoms with Gasteiger partial charge in [-0.3, -0.25) is 4.79 Å². The summed E-state index contributed by atoms with van der Waals surface area (Å²) in [5.41, 5.74) is 1.85. The molecule has 0 bridgehead atoms. The lowest BCUT2D eigenvalue weighted by Gasteiger charge is -2.25. The molecule has 6 heteroatoms. The molecule has 2 aromatic carbocycles. The molecule has 6 nitrogen and oxygen atoms in total. The van der Waals surface area contributed by atoms with Crippen molar-refractivity contribution in [1.82, 2.24) is 10.2 Å². The molecule has 4 rings (SSSR count). The molecule has 0 saturated carbocycles. The van der Waals surface area contributed by atoms with Gasteiger partial charge >= 0.3 is 5.97 Å². The van der Waals surface area contributed by atoms with Gasteiger partial charge in [-0.25, -0.2) is 4.79 Å². The SMILES string of the molecule is CCCC(CC)N1CCCC1.O=C(O)c1ccc(Oc2ccc3c(c2)CCNC3=O)cc1. The molecule has 32 heavy (non-hydrogen) atoms. The summed E-state index contributed by atoms with van der Waals surface area (Å²) in [4.78, 5) is 25.1. The summed E-state index contributed by atoms with van der Waals surface area (Å²) in [7, 11) is 0. The molecule has 172 valence electrons. The molecule has 2 aliphatic heterocycles. The number of likely N-dealkylation sites (tertiary alicyclic amines) is 1. The topological polar surface area (TPSA) is 78.9 Å². The highest BCUT2D eigenvalue weighted by atomic mass is 16.5. The first-order valence-corrected chi connectivity index (χ1v) is 11.7. The monoisotopic (exact) mass is 438 g/mol. The lowest BCUT2D eigenvalue weighted by Crippen LogP contribution is -2.31. The average molecular weight is 439 g/mol. The van der Waals surface area contributed by atoms with E-state index in [2.05, 4.69) is 24.1 Å². The van der Waals surface area contributed by atoms with Crippen LogP contribution in [0.1, 0.15) is 72.2 Å². The van der Waals surface area contributed by atoms with Gasteiger partial charge in [0, 0.05) is 18.2 Å². The highest BCUT2D eigenvalue weighted by Crippen LogP contribution is 2.26. The fraction of sp³-hybridized carbons (Fsp3) is 0.462. The van der Waals surface area contributed by atoms with E-state index in [1.54, 1.807) is 24.3 Å². The van der Waals surface area contributed by atoms with Crippen molar-refractivity contribution in [3.8, 4) is 11.5 Å². The maximum Gasteiger partial charge on any atom is 0.335 e. The van der Waals surface area contributed by atoms with E-state index in [1.807, 2.05) is 6.07 Å². The number of carboxylic acids is 1. The quantitative estimate of drug-likeness (QED) is 0.627. The number of aromatic carboxylic acids is 1. The largest absolute Gasteiger partial charge is 0.478 e. The van der Waals surface area contributed by atoms with E-state index in [0.29, 0.717) is 23.6 Å². The summed E-state index contributed by atoms with van der Waals surface area (Å²) in [6.45, 7) is 7.96. The van der Waals surface area contributed by atoms with Crippen LogP contribution < -0.4 is 10.1 Å². The van der Waals surface area contributed by atoms with Crippen LogP contribution in [0.4, 0.5) is 0 Å². The van der Waals surface area contributed by atoms with E-state index >= 15 is 0 Å². The van der Waals surface area contributed by atoms with Gasteiger partial charge < -0.3 is 20.1 Å². The van der Waals surface area contributed by atoms with Gasteiger partial charge in [-0.05, 0) is 93.2 Å². The van der Waals surface area contributed by atoms with Crippen LogP contribution in [0.3, 0.4) is 0 Å².